The zero-order valence-electron chi connectivity index (χ0n) is 11.2. The lowest BCUT2D eigenvalue weighted by Gasteiger charge is -2.03. The Kier molecular flexibility index (Phi) is 3.80. The molecule has 6 heteroatoms. The summed E-state index contributed by atoms with van der Waals surface area (Å²) in [5.41, 5.74) is 0.406. The van der Waals surface area contributed by atoms with Crippen LogP contribution in [0.3, 0.4) is 0 Å². The molecule has 1 N–H and O–H groups in total. The number of benzene rings is 1. The molecule has 2 aromatic rings. The van der Waals surface area contributed by atoms with Gasteiger partial charge in [0.25, 0.3) is 0 Å². The fraction of sp³-hybridized carbons (Fsp3) is 0.333. The van der Waals surface area contributed by atoms with Crippen LogP contribution in [0, 0.1) is 0 Å². The van der Waals surface area contributed by atoms with Gasteiger partial charge in [0.1, 0.15) is 12.4 Å². The molecule has 0 atom stereocenters. The zero-order chi connectivity index (χ0) is 14.9. The topological polar surface area (TPSA) is 55.1 Å². The van der Waals surface area contributed by atoms with Crippen LogP contribution in [-0.4, -0.2) is 17.7 Å². The van der Waals surface area contributed by atoms with Crippen molar-refractivity contribution in [2.24, 2.45) is 0 Å². The minimum atomic E-state index is -0.498. The summed E-state index contributed by atoms with van der Waals surface area (Å²) in [7, 11) is 0. The number of hydrogen-bond acceptors (Lipinski definition) is 3. The Labute approximate surface area is 129 Å². The summed E-state index contributed by atoms with van der Waals surface area (Å²) in [6.45, 7) is -0.450. The van der Waals surface area contributed by atoms with E-state index in [1.807, 2.05) is 24.3 Å². The Morgan fingerprint density at radius 1 is 1.38 bits per heavy atom. The summed E-state index contributed by atoms with van der Waals surface area (Å²) in [6.07, 6.45) is 1.79. The van der Waals surface area contributed by atoms with Crippen LogP contribution in [0.2, 0.25) is 0 Å². The smallest absolute Gasteiger partial charge is 0.230 e. The van der Waals surface area contributed by atoms with Gasteiger partial charge in [-0.05, 0) is 30.5 Å². The number of carbonyl (C=O) groups excluding carboxylic acids is 1. The van der Waals surface area contributed by atoms with E-state index in [2.05, 4.69) is 26.4 Å². The van der Waals surface area contributed by atoms with Crippen LogP contribution in [-0.2, 0) is 16.6 Å². The van der Waals surface area contributed by atoms with E-state index < -0.39 is 12.1 Å². The first-order valence-corrected chi connectivity index (χ1v) is 7.48. The predicted molar refractivity (Wildman–Crippen MR) is 79.9 cm³/mol. The second-order valence-electron chi connectivity index (χ2n) is 5.34. The summed E-state index contributed by atoms with van der Waals surface area (Å²) in [6, 6.07) is 9.14. The van der Waals surface area contributed by atoms with Crippen LogP contribution in [0.15, 0.2) is 39.3 Å². The quantitative estimate of drug-likeness (QED) is 0.893. The first-order valence-electron chi connectivity index (χ1n) is 6.69. The standard InChI is InChI=1S/C15H14BrFN2O2/c16-11-3-1-10(2-4-11)7-14(20)18-13-8-12(21-19-13)15(9-17)5-6-15/h1-4,8H,5-7,9H2,(H,18,19,20). The average Bonchev–Trinajstić information content (AvgIpc) is 3.14. The van der Waals surface area contributed by atoms with Gasteiger partial charge < -0.3 is 9.84 Å². The second kappa shape index (κ2) is 5.60. The average molecular weight is 353 g/mol. The van der Waals surface area contributed by atoms with Gasteiger partial charge in [0.2, 0.25) is 5.91 Å². The van der Waals surface area contributed by atoms with E-state index in [-0.39, 0.29) is 12.3 Å². The van der Waals surface area contributed by atoms with Gasteiger partial charge in [-0.15, -0.1) is 0 Å². The molecule has 0 spiro atoms. The van der Waals surface area contributed by atoms with Crippen molar-refractivity contribution in [1.82, 2.24) is 5.16 Å². The monoisotopic (exact) mass is 352 g/mol. The van der Waals surface area contributed by atoms with Gasteiger partial charge in [-0.25, -0.2) is 4.39 Å². The van der Waals surface area contributed by atoms with Crippen molar-refractivity contribution >= 4 is 27.7 Å². The minimum absolute atomic E-state index is 0.178. The molecule has 4 nitrogen and oxygen atoms in total. The highest BCUT2D eigenvalue weighted by atomic mass is 79.9. The van der Waals surface area contributed by atoms with E-state index in [1.54, 1.807) is 6.07 Å². The van der Waals surface area contributed by atoms with E-state index in [9.17, 15) is 9.18 Å². The van der Waals surface area contributed by atoms with E-state index >= 15 is 0 Å². The van der Waals surface area contributed by atoms with E-state index in [1.165, 1.54) is 0 Å². The molecule has 3 rings (SSSR count). The molecule has 1 aromatic carbocycles. The molecule has 21 heavy (non-hydrogen) atoms. The molecule has 1 fully saturated rings. The Morgan fingerprint density at radius 3 is 2.71 bits per heavy atom. The molecule has 1 aromatic heterocycles. The summed E-state index contributed by atoms with van der Waals surface area (Å²) >= 11 is 3.35. The van der Waals surface area contributed by atoms with Crippen molar-refractivity contribution in [3.8, 4) is 0 Å². The largest absolute Gasteiger partial charge is 0.359 e. The Balaban J connectivity index is 1.61. The number of carbonyl (C=O) groups is 1. The first-order chi connectivity index (χ1) is 10.1. The highest BCUT2D eigenvalue weighted by molar-refractivity contribution is 9.10. The fourth-order valence-corrected chi connectivity index (χ4v) is 2.42. The van der Waals surface area contributed by atoms with E-state index in [0.717, 1.165) is 22.9 Å². The lowest BCUT2D eigenvalue weighted by atomic mass is 10.1. The number of aromatic nitrogens is 1. The van der Waals surface area contributed by atoms with Crippen LogP contribution in [0.4, 0.5) is 10.2 Å². The molecule has 1 aliphatic rings. The number of amides is 1. The van der Waals surface area contributed by atoms with Crippen LogP contribution >= 0.6 is 15.9 Å². The van der Waals surface area contributed by atoms with Crippen LogP contribution in [0.25, 0.3) is 0 Å². The third-order valence-electron chi connectivity index (χ3n) is 3.69. The number of rotatable bonds is 5. The van der Waals surface area contributed by atoms with Gasteiger partial charge in [0.05, 0.1) is 11.8 Å². The van der Waals surface area contributed by atoms with E-state index in [4.69, 9.17) is 4.52 Å². The van der Waals surface area contributed by atoms with Crippen molar-refractivity contribution < 1.29 is 13.7 Å². The molecule has 1 amide bonds. The molecule has 0 bridgehead atoms. The van der Waals surface area contributed by atoms with Gasteiger partial charge in [0.15, 0.2) is 5.82 Å². The highest BCUT2D eigenvalue weighted by Gasteiger charge is 2.48. The predicted octanol–water partition coefficient (Wildman–Crippen LogP) is 3.62. The van der Waals surface area contributed by atoms with Crippen LogP contribution in [0.1, 0.15) is 24.2 Å². The molecule has 1 aliphatic carbocycles. The fourth-order valence-electron chi connectivity index (χ4n) is 2.16. The van der Waals surface area contributed by atoms with Gasteiger partial charge in [-0.2, -0.15) is 0 Å². The van der Waals surface area contributed by atoms with Crippen molar-refractivity contribution in [1.29, 1.82) is 0 Å². The van der Waals surface area contributed by atoms with Gasteiger partial charge in [0, 0.05) is 10.5 Å². The Bertz CT molecular complexity index is 650. The third-order valence-corrected chi connectivity index (χ3v) is 4.22. The highest BCUT2D eigenvalue weighted by Crippen LogP contribution is 2.48. The Morgan fingerprint density at radius 2 is 2.10 bits per heavy atom. The number of anilines is 1. The maximum Gasteiger partial charge on any atom is 0.230 e. The summed E-state index contributed by atoms with van der Waals surface area (Å²) < 4.78 is 19.0. The lowest BCUT2D eigenvalue weighted by Crippen LogP contribution is -2.14. The molecule has 0 saturated heterocycles. The van der Waals surface area contributed by atoms with E-state index in [0.29, 0.717) is 11.6 Å². The molecular weight excluding hydrogens is 339 g/mol. The van der Waals surface area contributed by atoms with Gasteiger partial charge in [-0.3, -0.25) is 4.79 Å². The summed E-state index contributed by atoms with van der Waals surface area (Å²) in [5.74, 6) is 0.679. The summed E-state index contributed by atoms with van der Waals surface area (Å²) in [5, 5.41) is 6.46. The summed E-state index contributed by atoms with van der Waals surface area (Å²) in [4.78, 5) is 11.9. The van der Waals surface area contributed by atoms with Crippen molar-refractivity contribution in [3.05, 3.63) is 46.1 Å². The number of alkyl halides is 1. The first kappa shape index (κ1) is 14.3. The number of halogens is 2. The number of hydrogen-bond donors (Lipinski definition) is 1. The Hall–Kier alpha value is -1.69. The molecule has 110 valence electrons. The normalized spacial score (nSPS) is 15.7. The molecular formula is C15H14BrFN2O2. The number of nitrogens with zero attached hydrogens (tertiary/aromatic N) is 1. The van der Waals surface area contributed by atoms with Gasteiger partial charge in [-0.1, -0.05) is 33.2 Å². The third kappa shape index (κ3) is 3.15. The molecule has 1 saturated carbocycles. The maximum absolute atomic E-state index is 12.9. The SMILES string of the molecule is O=C(Cc1ccc(Br)cc1)Nc1cc(C2(CF)CC2)on1. The molecule has 0 radical (unpaired) electrons. The van der Waals surface area contributed by atoms with Crippen molar-refractivity contribution in [2.75, 3.05) is 12.0 Å². The number of nitrogens with one attached hydrogen (secondary N) is 1. The molecule has 0 unspecified atom stereocenters. The van der Waals surface area contributed by atoms with Crippen LogP contribution < -0.4 is 5.32 Å². The molecule has 0 aliphatic heterocycles. The second-order valence-corrected chi connectivity index (χ2v) is 6.26. The zero-order valence-corrected chi connectivity index (χ0v) is 12.8. The lowest BCUT2D eigenvalue weighted by molar-refractivity contribution is -0.115. The van der Waals surface area contributed by atoms with Crippen molar-refractivity contribution in [2.45, 2.75) is 24.7 Å². The maximum atomic E-state index is 12.9. The minimum Gasteiger partial charge on any atom is -0.359 e. The van der Waals surface area contributed by atoms with Crippen molar-refractivity contribution in [3.63, 3.8) is 0 Å². The van der Waals surface area contributed by atoms with Crippen LogP contribution in [0.5, 0.6) is 0 Å². The molecule has 1 heterocycles. The van der Waals surface area contributed by atoms with Gasteiger partial charge >= 0.3 is 0 Å².